The maximum absolute atomic E-state index is 13.3. The predicted molar refractivity (Wildman–Crippen MR) is 120 cm³/mol. The van der Waals surface area contributed by atoms with Gasteiger partial charge in [0.1, 0.15) is 5.54 Å². The topological polar surface area (TPSA) is 53.2 Å². The van der Waals surface area contributed by atoms with Crippen LogP contribution >= 0.6 is 0 Å². The van der Waals surface area contributed by atoms with Crippen molar-refractivity contribution in [2.24, 2.45) is 0 Å². The number of aryl methyl sites for hydroxylation is 1. The third-order valence-corrected chi connectivity index (χ3v) is 5.29. The van der Waals surface area contributed by atoms with Crippen LogP contribution < -0.4 is 16.2 Å². The Morgan fingerprint density at radius 1 is 0.903 bits per heavy atom. The number of amides is 1. The second kappa shape index (κ2) is 11.1. The summed E-state index contributed by atoms with van der Waals surface area (Å²) < 4.78 is 39.6. The highest BCUT2D eigenvalue weighted by Gasteiger charge is 2.38. The van der Waals surface area contributed by atoms with Gasteiger partial charge in [-0.3, -0.25) is 15.6 Å². The fourth-order valence-electron chi connectivity index (χ4n) is 3.43. The normalized spacial score (nSPS) is 11.8. The summed E-state index contributed by atoms with van der Waals surface area (Å²) in [4.78, 5) is 13.3. The lowest BCUT2D eigenvalue weighted by Gasteiger charge is -2.35. The molecule has 0 saturated heterocycles. The molecule has 3 N–H and O–H groups in total. The molecule has 0 aliphatic rings. The largest absolute Gasteiger partial charge is 0.416 e. The zero-order valence-corrected chi connectivity index (χ0v) is 18.4. The molecule has 0 aliphatic heterocycles. The van der Waals surface area contributed by atoms with Crippen LogP contribution in [0.3, 0.4) is 0 Å². The Labute approximate surface area is 182 Å². The van der Waals surface area contributed by atoms with Gasteiger partial charge in [0.05, 0.1) is 11.3 Å². The average Bonchev–Trinajstić information content (AvgIpc) is 2.74. The highest BCUT2D eigenvalue weighted by Crippen LogP contribution is 2.33. The van der Waals surface area contributed by atoms with Gasteiger partial charge in [-0.2, -0.15) is 13.2 Å². The molecule has 170 valence electrons. The first-order valence-electron chi connectivity index (χ1n) is 10.8. The molecular formula is C24H32F3N3O. The van der Waals surface area contributed by atoms with E-state index in [-0.39, 0.29) is 11.6 Å². The minimum Gasteiger partial charge on any atom is -0.371 e. The number of anilines is 2. The van der Waals surface area contributed by atoms with Gasteiger partial charge in [0, 0.05) is 5.69 Å². The summed E-state index contributed by atoms with van der Waals surface area (Å²) in [7, 11) is 0. The number of benzene rings is 2. The van der Waals surface area contributed by atoms with Crippen molar-refractivity contribution >= 4 is 17.3 Å². The zero-order valence-electron chi connectivity index (χ0n) is 18.4. The molecule has 0 fully saturated rings. The van der Waals surface area contributed by atoms with Crippen molar-refractivity contribution in [3.8, 4) is 0 Å². The SMILES string of the molecule is CCCCC(CCCC)(Nc1cccc(C(F)(F)F)c1)C(=O)NNc1ccc(C)cc1. The van der Waals surface area contributed by atoms with Crippen molar-refractivity contribution < 1.29 is 18.0 Å². The molecule has 4 nitrogen and oxygen atoms in total. The van der Waals surface area contributed by atoms with Gasteiger partial charge in [0.25, 0.3) is 5.91 Å². The monoisotopic (exact) mass is 435 g/mol. The maximum Gasteiger partial charge on any atom is 0.416 e. The number of hydrazine groups is 1. The van der Waals surface area contributed by atoms with Crippen molar-refractivity contribution in [2.75, 3.05) is 10.7 Å². The van der Waals surface area contributed by atoms with Gasteiger partial charge in [-0.05, 0) is 50.1 Å². The van der Waals surface area contributed by atoms with Crippen LogP contribution in [-0.4, -0.2) is 11.4 Å². The van der Waals surface area contributed by atoms with Crippen LogP contribution in [0.15, 0.2) is 48.5 Å². The molecule has 2 rings (SSSR count). The summed E-state index contributed by atoms with van der Waals surface area (Å²) in [5.74, 6) is -0.285. The Morgan fingerprint density at radius 2 is 1.52 bits per heavy atom. The average molecular weight is 436 g/mol. The summed E-state index contributed by atoms with van der Waals surface area (Å²) in [6, 6.07) is 12.6. The van der Waals surface area contributed by atoms with E-state index < -0.39 is 17.3 Å². The van der Waals surface area contributed by atoms with Crippen molar-refractivity contribution in [1.82, 2.24) is 5.43 Å². The first-order valence-corrected chi connectivity index (χ1v) is 10.8. The second-order valence-corrected chi connectivity index (χ2v) is 7.94. The van der Waals surface area contributed by atoms with E-state index in [1.807, 2.05) is 45.0 Å². The van der Waals surface area contributed by atoms with Gasteiger partial charge < -0.3 is 5.32 Å². The Kier molecular flexibility index (Phi) is 8.77. The number of carbonyl (C=O) groups excluding carboxylic acids is 1. The van der Waals surface area contributed by atoms with E-state index in [2.05, 4.69) is 16.2 Å². The van der Waals surface area contributed by atoms with E-state index in [0.29, 0.717) is 12.8 Å². The number of unbranched alkanes of at least 4 members (excludes halogenated alkanes) is 2. The maximum atomic E-state index is 13.3. The summed E-state index contributed by atoms with van der Waals surface area (Å²) in [5.41, 5.74) is 6.06. The third-order valence-electron chi connectivity index (χ3n) is 5.29. The molecular weight excluding hydrogens is 403 g/mol. The number of alkyl halides is 3. The Bertz CT molecular complexity index is 827. The lowest BCUT2D eigenvalue weighted by atomic mass is 9.85. The molecule has 0 aliphatic carbocycles. The fourth-order valence-corrected chi connectivity index (χ4v) is 3.43. The Balaban J connectivity index is 2.29. The molecule has 7 heteroatoms. The van der Waals surface area contributed by atoms with Gasteiger partial charge >= 0.3 is 6.18 Å². The first-order chi connectivity index (χ1) is 14.7. The van der Waals surface area contributed by atoms with Gasteiger partial charge in [-0.25, -0.2) is 0 Å². The smallest absolute Gasteiger partial charge is 0.371 e. The minimum absolute atomic E-state index is 0.285. The van der Waals surface area contributed by atoms with Crippen molar-refractivity contribution in [1.29, 1.82) is 0 Å². The molecule has 1 amide bonds. The molecule has 0 aromatic heterocycles. The van der Waals surface area contributed by atoms with E-state index in [4.69, 9.17) is 0 Å². The van der Waals surface area contributed by atoms with E-state index in [0.717, 1.165) is 49.1 Å². The lowest BCUT2D eigenvalue weighted by molar-refractivity contribution is -0.137. The number of halogens is 3. The Hall–Kier alpha value is -2.70. The molecule has 0 bridgehead atoms. The summed E-state index contributed by atoms with van der Waals surface area (Å²) in [6.07, 6.45) is -0.125. The summed E-state index contributed by atoms with van der Waals surface area (Å²) >= 11 is 0. The fraction of sp³-hybridized carbons (Fsp3) is 0.458. The van der Waals surface area contributed by atoms with E-state index in [1.165, 1.54) is 6.07 Å². The van der Waals surface area contributed by atoms with E-state index in [9.17, 15) is 18.0 Å². The van der Waals surface area contributed by atoms with Crippen LogP contribution in [0.5, 0.6) is 0 Å². The zero-order chi connectivity index (χ0) is 22.9. The van der Waals surface area contributed by atoms with Crippen molar-refractivity contribution in [2.45, 2.75) is 71.0 Å². The lowest BCUT2D eigenvalue weighted by Crippen LogP contribution is -2.54. The molecule has 2 aromatic rings. The molecule has 0 saturated carbocycles. The van der Waals surface area contributed by atoms with Gasteiger partial charge in [0.15, 0.2) is 0 Å². The number of hydrogen-bond donors (Lipinski definition) is 3. The standard InChI is InChI=1S/C24H32F3N3O/c1-4-6-15-23(16-7-5-2,22(31)30-29-20-13-11-18(3)12-14-20)28-21-10-8-9-19(17-21)24(25,26)27/h8-14,17,28-29H,4-7,15-16H2,1-3H3,(H,30,31). The second-order valence-electron chi connectivity index (χ2n) is 7.94. The van der Waals surface area contributed by atoms with Crippen LogP contribution in [0, 0.1) is 6.92 Å². The van der Waals surface area contributed by atoms with Gasteiger partial charge in [-0.15, -0.1) is 0 Å². The third kappa shape index (κ3) is 7.19. The number of rotatable bonds is 11. The summed E-state index contributed by atoms with van der Waals surface area (Å²) in [6.45, 7) is 6.02. The number of carbonyl (C=O) groups is 1. The highest BCUT2D eigenvalue weighted by atomic mass is 19.4. The van der Waals surface area contributed by atoms with Gasteiger partial charge in [0.2, 0.25) is 0 Å². The van der Waals surface area contributed by atoms with Crippen molar-refractivity contribution in [3.63, 3.8) is 0 Å². The molecule has 2 aromatic carbocycles. The molecule has 0 radical (unpaired) electrons. The molecule has 0 atom stereocenters. The van der Waals surface area contributed by atoms with E-state index in [1.54, 1.807) is 6.07 Å². The molecule has 31 heavy (non-hydrogen) atoms. The van der Waals surface area contributed by atoms with Crippen molar-refractivity contribution in [3.05, 3.63) is 59.7 Å². The molecule has 0 spiro atoms. The minimum atomic E-state index is -4.44. The number of nitrogens with one attached hydrogen (secondary N) is 3. The number of hydrogen-bond acceptors (Lipinski definition) is 3. The summed E-state index contributed by atoms with van der Waals surface area (Å²) in [5, 5.41) is 3.17. The predicted octanol–water partition coefficient (Wildman–Crippen LogP) is 6.69. The highest BCUT2D eigenvalue weighted by molar-refractivity contribution is 5.90. The van der Waals surface area contributed by atoms with Crippen LogP contribution in [0.25, 0.3) is 0 Å². The quantitative estimate of drug-likeness (QED) is 0.345. The van der Waals surface area contributed by atoms with Crippen LogP contribution in [-0.2, 0) is 11.0 Å². The molecule has 0 unspecified atom stereocenters. The first kappa shape index (κ1) is 24.6. The van der Waals surface area contributed by atoms with E-state index >= 15 is 0 Å². The molecule has 0 heterocycles. The van der Waals surface area contributed by atoms with Crippen LogP contribution in [0.4, 0.5) is 24.5 Å². The van der Waals surface area contributed by atoms with Crippen LogP contribution in [0.2, 0.25) is 0 Å². The van der Waals surface area contributed by atoms with Gasteiger partial charge in [-0.1, -0.05) is 63.3 Å². The Morgan fingerprint density at radius 3 is 2.06 bits per heavy atom. The van der Waals surface area contributed by atoms with Crippen LogP contribution in [0.1, 0.15) is 63.5 Å².